The summed E-state index contributed by atoms with van der Waals surface area (Å²) in [4.78, 5) is 0. The van der Waals surface area contributed by atoms with E-state index in [0.29, 0.717) is 5.92 Å². The molecule has 0 N–H and O–H groups in total. The molecule has 0 amide bonds. The van der Waals surface area contributed by atoms with Crippen molar-refractivity contribution in [2.45, 2.75) is 25.2 Å². The van der Waals surface area contributed by atoms with Gasteiger partial charge in [-0.2, -0.15) is 0 Å². The molecule has 0 aliphatic heterocycles. The quantitative estimate of drug-likeness (QED) is 0.182. The first kappa shape index (κ1) is 27.7. The van der Waals surface area contributed by atoms with Gasteiger partial charge in [0, 0.05) is 36.6 Å². The fraction of sp³-hybridized carbons (Fsp3) is 0.0870. The number of benzene rings is 7. The highest BCUT2D eigenvalue weighted by Gasteiger charge is 2.24. The van der Waals surface area contributed by atoms with E-state index in [9.17, 15) is 0 Å². The monoisotopic (exact) mass is 631 g/mol. The van der Waals surface area contributed by atoms with Gasteiger partial charge in [0.25, 0.3) is 0 Å². The van der Waals surface area contributed by atoms with Gasteiger partial charge < -0.3 is 4.57 Å². The van der Waals surface area contributed by atoms with Crippen LogP contribution in [0.4, 0.5) is 0 Å². The first-order chi connectivity index (χ1) is 23.8. The Morgan fingerprint density at radius 1 is 0.542 bits per heavy atom. The second kappa shape index (κ2) is 11.1. The molecule has 0 bridgehead atoms. The average Bonchev–Trinajstić information content (AvgIpc) is 3.65. The minimum Gasteiger partial charge on any atom is -0.309 e. The zero-order chi connectivity index (χ0) is 31.6. The van der Waals surface area contributed by atoms with Gasteiger partial charge >= 0.3 is 0 Å². The molecule has 10 rings (SSSR count). The first-order valence-electron chi connectivity index (χ1n) is 17.0. The third kappa shape index (κ3) is 4.37. The van der Waals surface area contributed by atoms with Gasteiger partial charge in [-0.15, -0.1) is 11.3 Å². The number of para-hydroxylation sites is 2. The van der Waals surface area contributed by atoms with Crippen molar-refractivity contribution in [3.63, 3.8) is 0 Å². The number of rotatable bonds is 4. The largest absolute Gasteiger partial charge is 0.309 e. The van der Waals surface area contributed by atoms with Crippen molar-refractivity contribution in [1.29, 1.82) is 0 Å². The molecule has 0 radical (unpaired) electrons. The predicted octanol–water partition coefficient (Wildman–Crippen LogP) is 12.8. The Bertz CT molecular complexity index is 2620. The van der Waals surface area contributed by atoms with E-state index in [0.717, 1.165) is 19.3 Å². The second-order valence-electron chi connectivity index (χ2n) is 13.2. The molecule has 0 saturated heterocycles. The first-order valence-corrected chi connectivity index (χ1v) is 17.8. The van der Waals surface area contributed by atoms with Crippen LogP contribution in [-0.4, -0.2) is 4.57 Å². The highest BCUT2D eigenvalue weighted by molar-refractivity contribution is 7.26. The average molecular weight is 632 g/mol. The summed E-state index contributed by atoms with van der Waals surface area (Å²) in [5.74, 6) is 0.426. The van der Waals surface area contributed by atoms with Crippen molar-refractivity contribution in [3.05, 3.63) is 174 Å². The molecule has 1 aliphatic carbocycles. The van der Waals surface area contributed by atoms with E-state index in [2.05, 4.69) is 162 Å². The van der Waals surface area contributed by atoms with Gasteiger partial charge in [0.05, 0.1) is 11.0 Å². The molecule has 1 atom stereocenters. The van der Waals surface area contributed by atoms with Gasteiger partial charge in [0.2, 0.25) is 0 Å². The number of aromatic nitrogens is 1. The number of fused-ring (bicyclic) bond motifs is 9. The van der Waals surface area contributed by atoms with Crippen molar-refractivity contribution in [2.24, 2.45) is 0 Å². The highest BCUT2D eigenvalue weighted by Crippen LogP contribution is 2.43. The highest BCUT2D eigenvalue weighted by atomic mass is 32.1. The molecule has 0 saturated carbocycles. The lowest BCUT2D eigenvalue weighted by Crippen LogP contribution is -2.05. The Kier molecular flexibility index (Phi) is 6.38. The summed E-state index contributed by atoms with van der Waals surface area (Å²) in [6.45, 7) is 0. The lowest BCUT2D eigenvalue weighted by Gasteiger charge is -2.20. The molecular formula is C46H33NS. The van der Waals surface area contributed by atoms with Crippen LogP contribution in [0.2, 0.25) is 0 Å². The van der Waals surface area contributed by atoms with Gasteiger partial charge in [-0.1, -0.05) is 127 Å². The minimum absolute atomic E-state index is 0.426. The normalized spacial score (nSPS) is 14.4. The molecule has 0 spiro atoms. The van der Waals surface area contributed by atoms with E-state index in [4.69, 9.17) is 0 Å². The number of hydrogen-bond acceptors (Lipinski definition) is 1. The smallest absolute Gasteiger partial charge is 0.0541 e. The zero-order valence-corrected chi connectivity index (χ0v) is 27.4. The maximum absolute atomic E-state index is 2.46. The van der Waals surface area contributed by atoms with E-state index >= 15 is 0 Å². The van der Waals surface area contributed by atoms with Crippen LogP contribution in [0.5, 0.6) is 0 Å². The van der Waals surface area contributed by atoms with Crippen LogP contribution in [0.25, 0.3) is 69.9 Å². The topological polar surface area (TPSA) is 4.93 Å². The third-order valence-corrected chi connectivity index (χ3v) is 11.7. The van der Waals surface area contributed by atoms with Crippen LogP contribution in [0.3, 0.4) is 0 Å². The molecule has 48 heavy (non-hydrogen) atoms. The molecular weight excluding hydrogens is 599 g/mol. The molecule has 2 heteroatoms. The van der Waals surface area contributed by atoms with Crippen molar-refractivity contribution in [2.75, 3.05) is 0 Å². The Labute approximate surface area is 284 Å². The Morgan fingerprint density at radius 2 is 1.23 bits per heavy atom. The third-order valence-electron chi connectivity index (χ3n) is 10.5. The van der Waals surface area contributed by atoms with Gasteiger partial charge in [-0.3, -0.25) is 0 Å². The number of thiophene rings is 1. The maximum Gasteiger partial charge on any atom is 0.0541 e. The van der Waals surface area contributed by atoms with E-state index in [1.807, 2.05) is 11.3 Å². The van der Waals surface area contributed by atoms with Gasteiger partial charge in [0.15, 0.2) is 0 Å². The van der Waals surface area contributed by atoms with Crippen molar-refractivity contribution in [3.8, 4) is 27.9 Å². The zero-order valence-electron chi connectivity index (χ0n) is 26.6. The molecule has 228 valence electrons. The standard InChI is InChI=1S/C46H33NS/c1-2-14-35-31(12-1)23-24-33(28-30-11-9-13-32(27-30)37-18-10-19-41-40-17-5-8-22-45(40)48-46(37)41)36-26-25-34(29-42(35)36)47-43-20-6-3-15-38(43)39-16-4-7-21-44(39)47/h1-22,25-27,29,33H,23-24,28H2. The van der Waals surface area contributed by atoms with Crippen LogP contribution >= 0.6 is 11.3 Å². The molecule has 9 aromatic rings. The molecule has 0 fully saturated rings. The van der Waals surface area contributed by atoms with Crippen LogP contribution < -0.4 is 0 Å². The van der Waals surface area contributed by atoms with Gasteiger partial charge in [-0.25, -0.2) is 0 Å². The number of aryl methyl sites for hydroxylation is 1. The Balaban J connectivity index is 1.08. The summed E-state index contributed by atoms with van der Waals surface area (Å²) in [5, 5.41) is 5.30. The lowest BCUT2D eigenvalue weighted by molar-refractivity contribution is 0.629. The maximum atomic E-state index is 2.46. The number of hydrogen-bond donors (Lipinski definition) is 0. The molecule has 7 aromatic carbocycles. The molecule has 2 aromatic heterocycles. The fourth-order valence-electron chi connectivity index (χ4n) is 8.30. The van der Waals surface area contributed by atoms with Crippen molar-refractivity contribution >= 4 is 53.3 Å². The lowest BCUT2D eigenvalue weighted by atomic mass is 9.85. The van der Waals surface area contributed by atoms with Crippen LogP contribution in [-0.2, 0) is 12.8 Å². The molecule has 1 aliphatic rings. The van der Waals surface area contributed by atoms with E-state index in [1.165, 1.54) is 86.6 Å². The van der Waals surface area contributed by atoms with E-state index in [-0.39, 0.29) is 0 Å². The summed E-state index contributed by atoms with van der Waals surface area (Å²) in [6.07, 6.45) is 3.24. The molecule has 1 unspecified atom stereocenters. The summed E-state index contributed by atoms with van der Waals surface area (Å²) in [6, 6.07) is 58.8. The van der Waals surface area contributed by atoms with E-state index < -0.39 is 0 Å². The summed E-state index contributed by atoms with van der Waals surface area (Å²) < 4.78 is 5.18. The molecule has 1 nitrogen and oxygen atoms in total. The van der Waals surface area contributed by atoms with Crippen molar-refractivity contribution < 1.29 is 0 Å². The predicted molar refractivity (Wildman–Crippen MR) is 206 cm³/mol. The second-order valence-corrected chi connectivity index (χ2v) is 14.3. The van der Waals surface area contributed by atoms with Gasteiger partial charge in [0.1, 0.15) is 0 Å². The molecule has 2 heterocycles. The van der Waals surface area contributed by atoms with Crippen LogP contribution in [0.1, 0.15) is 29.0 Å². The number of nitrogens with zero attached hydrogens (tertiary/aromatic N) is 1. The van der Waals surface area contributed by atoms with Crippen molar-refractivity contribution in [1.82, 2.24) is 4.57 Å². The minimum atomic E-state index is 0.426. The summed E-state index contributed by atoms with van der Waals surface area (Å²) >= 11 is 1.91. The summed E-state index contributed by atoms with van der Waals surface area (Å²) in [5.41, 5.74) is 13.4. The Morgan fingerprint density at radius 3 is 2.08 bits per heavy atom. The SMILES string of the molecule is c1cc(CC2CCc3ccccc3-c3cc(-n4c5ccccc5c5ccccc54)ccc32)cc(-c2cccc3c2sc2ccccc23)c1. The fourth-order valence-corrected chi connectivity index (χ4v) is 9.53. The Hall–Kier alpha value is -5.44. The van der Waals surface area contributed by atoms with Crippen LogP contribution in [0, 0.1) is 0 Å². The van der Waals surface area contributed by atoms with Gasteiger partial charge in [-0.05, 0) is 94.5 Å². The summed E-state index contributed by atoms with van der Waals surface area (Å²) in [7, 11) is 0. The van der Waals surface area contributed by atoms with E-state index in [1.54, 1.807) is 0 Å². The van der Waals surface area contributed by atoms with Crippen LogP contribution in [0.15, 0.2) is 158 Å².